The topological polar surface area (TPSA) is 20.2 Å². The number of hydrogen-bond donors (Lipinski definition) is 1. The monoisotopic (exact) mass is 142 g/mol. The van der Waals surface area contributed by atoms with Gasteiger partial charge in [-0.15, -0.1) is 0 Å². The fourth-order valence-electron chi connectivity index (χ4n) is 1.23. The molecule has 1 aliphatic rings. The molecule has 1 aliphatic carbocycles. The Kier molecular flexibility index (Phi) is 1.28. The molecule has 0 fully saturated rings. The van der Waals surface area contributed by atoms with Crippen molar-refractivity contribution in [1.29, 1.82) is 0 Å². The van der Waals surface area contributed by atoms with Crippen LogP contribution in [-0.4, -0.2) is 11.2 Å². The van der Waals surface area contributed by atoms with E-state index >= 15 is 0 Å². The van der Waals surface area contributed by atoms with E-state index in [1.807, 2.05) is 20.8 Å². The average Bonchev–Trinajstić information content (AvgIpc) is 2.03. The van der Waals surface area contributed by atoms with Gasteiger partial charge in [0.1, 0.15) is 0 Å². The lowest BCUT2D eigenvalue weighted by Gasteiger charge is -2.23. The summed E-state index contributed by atoms with van der Waals surface area (Å²) in [6.07, 6.45) is -0.583. The Morgan fingerprint density at radius 1 is 1.80 bits per heavy atom. The van der Waals surface area contributed by atoms with Crippen molar-refractivity contribution in [3.05, 3.63) is 11.6 Å². The van der Waals surface area contributed by atoms with Gasteiger partial charge in [-0.3, -0.25) is 0 Å². The standard InChI is InChI=1S/C9H16O/c1-9(2,3)7-5-4-6-8(7)10/h5,8,10H,4,6H2,1-3H3/i5D,8D. The number of allylic oxidation sites excluding steroid dienone is 1. The van der Waals surface area contributed by atoms with Gasteiger partial charge in [-0.05, 0) is 23.8 Å². The van der Waals surface area contributed by atoms with Crippen molar-refractivity contribution >= 4 is 0 Å². The van der Waals surface area contributed by atoms with E-state index in [4.69, 9.17) is 2.74 Å². The molecule has 0 bridgehead atoms. The van der Waals surface area contributed by atoms with E-state index < -0.39 is 6.08 Å². The average molecular weight is 142 g/mol. The molecule has 1 atom stereocenters. The van der Waals surface area contributed by atoms with Gasteiger partial charge in [0.05, 0.1) is 8.82 Å². The first-order chi connectivity index (χ1) is 5.25. The maximum atomic E-state index is 9.65. The molecule has 0 saturated carbocycles. The lowest BCUT2D eigenvalue weighted by molar-refractivity contribution is 0.188. The molecule has 58 valence electrons. The first-order valence-corrected chi connectivity index (χ1v) is 3.68. The smallest absolute Gasteiger partial charge is 0.0758 e. The summed E-state index contributed by atoms with van der Waals surface area (Å²) in [5.41, 5.74) is 0.319. The van der Waals surface area contributed by atoms with Crippen molar-refractivity contribution in [3.63, 3.8) is 0 Å². The number of rotatable bonds is 0. The minimum absolute atomic E-state index is 0.260. The minimum Gasteiger partial charge on any atom is -0.389 e. The van der Waals surface area contributed by atoms with Crippen LogP contribution in [0.25, 0.3) is 0 Å². The van der Waals surface area contributed by atoms with E-state index in [2.05, 4.69) is 0 Å². The molecule has 0 aromatic carbocycles. The Bertz CT molecular complexity index is 223. The Balaban J connectivity index is 3.08. The van der Waals surface area contributed by atoms with Gasteiger partial charge in [-0.25, -0.2) is 0 Å². The maximum Gasteiger partial charge on any atom is 0.0758 e. The third-order valence-electron chi connectivity index (χ3n) is 1.70. The molecule has 0 amide bonds. The molecule has 0 saturated heterocycles. The minimum atomic E-state index is -1.49. The SMILES string of the molecule is [2H]C1=C(C(C)(C)C)C([2H])(O)CC1. The van der Waals surface area contributed by atoms with E-state index in [0.29, 0.717) is 24.5 Å². The fraction of sp³-hybridized carbons (Fsp3) is 0.778. The van der Waals surface area contributed by atoms with Crippen molar-refractivity contribution in [3.8, 4) is 0 Å². The summed E-state index contributed by atoms with van der Waals surface area (Å²) in [7, 11) is 0. The van der Waals surface area contributed by atoms with Crippen LogP contribution >= 0.6 is 0 Å². The predicted molar refractivity (Wildman–Crippen MR) is 42.8 cm³/mol. The molecule has 10 heavy (non-hydrogen) atoms. The summed E-state index contributed by atoms with van der Waals surface area (Å²) in [4.78, 5) is 0. The molecule has 1 unspecified atom stereocenters. The summed E-state index contributed by atoms with van der Waals surface area (Å²) in [5, 5.41) is 9.65. The fourth-order valence-corrected chi connectivity index (χ4v) is 1.23. The molecule has 0 aromatic heterocycles. The molecule has 1 rings (SSSR count). The van der Waals surface area contributed by atoms with E-state index in [1.165, 1.54) is 0 Å². The Labute approximate surface area is 65.6 Å². The summed E-state index contributed by atoms with van der Waals surface area (Å²) in [6, 6.07) is 0.444. The largest absolute Gasteiger partial charge is 0.389 e. The van der Waals surface area contributed by atoms with Crippen LogP contribution in [0.3, 0.4) is 0 Å². The molecular weight excluding hydrogens is 124 g/mol. The summed E-state index contributed by atoms with van der Waals surface area (Å²) in [5.74, 6) is 0. The molecule has 0 heterocycles. The van der Waals surface area contributed by atoms with Crippen LogP contribution in [0.1, 0.15) is 36.4 Å². The highest BCUT2D eigenvalue weighted by Gasteiger charge is 2.26. The normalized spacial score (nSPS) is 38.0. The lowest BCUT2D eigenvalue weighted by Crippen LogP contribution is -2.18. The highest BCUT2D eigenvalue weighted by atomic mass is 16.3. The van der Waals surface area contributed by atoms with Gasteiger partial charge in [0.15, 0.2) is 0 Å². The molecule has 0 radical (unpaired) electrons. The van der Waals surface area contributed by atoms with E-state index in [-0.39, 0.29) is 5.41 Å². The van der Waals surface area contributed by atoms with Crippen LogP contribution in [0.4, 0.5) is 0 Å². The van der Waals surface area contributed by atoms with Crippen molar-refractivity contribution in [2.45, 2.75) is 39.7 Å². The zero-order chi connectivity index (χ0) is 9.57. The molecular formula is C9H16O. The van der Waals surface area contributed by atoms with Gasteiger partial charge in [-0.2, -0.15) is 0 Å². The first kappa shape index (κ1) is 5.36. The zero-order valence-corrected chi connectivity index (χ0v) is 6.86. The maximum absolute atomic E-state index is 9.65. The summed E-state index contributed by atoms with van der Waals surface area (Å²) >= 11 is 0. The zero-order valence-electron chi connectivity index (χ0n) is 8.86. The Morgan fingerprint density at radius 3 is 2.60 bits per heavy atom. The van der Waals surface area contributed by atoms with Gasteiger partial charge in [0, 0.05) is 0 Å². The van der Waals surface area contributed by atoms with E-state index in [0.717, 1.165) is 0 Å². The van der Waals surface area contributed by atoms with Gasteiger partial charge >= 0.3 is 0 Å². The predicted octanol–water partition coefficient (Wildman–Crippen LogP) is 2.11. The van der Waals surface area contributed by atoms with Crippen LogP contribution in [0.2, 0.25) is 0 Å². The third-order valence-corrected chi connectivity index (χ3v) is 1.70. The quantitative estimate of drug-likeness (QED) is 0.514. The Hall–Kier alpha value is -0.300. The van der Waals surface area contributed by atoms with Crippen LogP contribution < -0.4 is 0 Å². The van der Waals surface area contributed by atoms with Gasteiger partial charge in [0.25, 0.3) is 0 Å². The van der Waals surface area contributed by atoms with Gasteiger partial charge in [0.2, 0.25) is 0 Å². The van der Waals surface area contributed by atoms with Crippen molar-refractivity contribution in [2.24, 2.45) is 5.41 Å². The van der Waals surface area contributed by atoms with Crippen LogP contribution in [-0.2, 0) is 0 Å². The second-order valence-corrected chi connectivity index (χ2v) is 3.75. The number of hydrogen-bond acceptors (Lipinski definition) is 1. The molecule has 0 aromatic rings. The van der Waals surface area contributed by atoms with Crippen LogP contribution in [0.15, 0.2) is 11.6 Å². The van der Waals surface area contributed by atoms with Gasteiger partial charge in [-0.1, -0.05) is 26.8 Å². The highest BCUT2D eigenvalue weighted by molar-refractivity contribution is 5.20. The van der Waals surface area contributed by atoms with E-state index in [1.54, 1.807) is 0 Å². The molecule has 1 N–H and O–H groups in total. The van der Waals surface area contributed by atoms with Crippen molar-refractivity contribution < 1.29 is 7.85 Å². The molecule has 1 nitrogen and oxygen atoms in total. The van der Waals surface area contributed by atoms with Crippen molar-refractivity contribution in [2.75, 3.05) is 0 Å². The first-order valence-electron chi connectivity index (χ1n) is 4.68. The molecule has 1 heteroatoms. The van der Waals surface area contributed by atoms with Gasteiger partial charge < -0.3 is 5.11 Å². The van der Waals surface area contributed by atoms with Crippen LogP contribution in [0.5, 0.6) is 0 Å². The van der Waals surface area contributed by atoms with Crippen molar-refractivity contribution in [1.82, 2.24) is 0 Å². The molecule has 0 spiro atoms. The Morgan fingerprint density at radius 2 is 2.40 bits per heavy atom. The second-order valence-electron chi connectivity index (χ2n) is 3.75. The molecule has 0 aliphatic heterocycles. The van der Waals surface area contributed by atoms with Crippen LogP contribution in [0, 0.1) is 5.41 Å². The number of aliphatic hydroxyl groups is 1. The lowest BCUT2D eigenvalue weighted by atomic mass is 9.85. The third kappa shape index (κ3) is 1.40. The summed E-state index contributed by atoms with van der Waals surface area (Å²) < 4.78 is 15.2. The highest BCUT2D eigenvalue weighted by Crippen LogP contribution is 2.33. The second kappa shape index (κ2) is 2.39. The van der Waals surface area contributed by atoms with E-state index in [9.17, 15) is 5.11 Å². The summed E-state index contributed by atoms with van der Waals surface area (Å²) in [6.45, 7) is 5.80.